The lowest BCUT2D eigenvalue weighted by molar-refractivity contribution is 0.867. The van der Waals surface area contributed by atoms with Crippen LogP contribution in [0.3, 0.4) is 0 Å². The van der Waals surface area contributed by atoms with Crippen molar-refractivity contribution >= 4 is 17.4 Å². The van der Waals surface area contributed by atoms with E-state index in [0.717, 1.165) is 5.88 Å². The van der Waals surface area contributed by atoms with Gasteiger partial charge in [-0.3, -0.25) is 0 Å². The van der Waals surface area contributed by atoms with Crippen molar-refractivity contribution in [3.63, 3.8) is 0 Å². The van der Waals surface area contributed by atoms with Crippen LogP contribution in [-0.4, -0.2) is 12.1 Å². The second kappa shape index (κ2) is 5.18. The minimum Gasteiger partial charge on any atom is -0.376 e. The van der Waals surface area contributed by atoms with Crippen molar-refractivity contribution in [2.45, 2.75) is 19.8 Å². The van der Waals surface area contributed by atoms with E-state index in [1.807, 2.05) is 0 Å². The van der Waals surface area contributed by atoms with Gasteiger partial charge >= 0.3 is 0 Å². The van der Waals surface area contributed by atoms with Crippen LogP contribution in [-0.2, 0) is 0 Å². The average molecular weight is 195 g/mol. The van der Waals surface area contributed by atoms with Crippen molar-refractivity contribution in [3.8, 4) is 0 Å². The quantitative estimate of drug-likeness (QED) is 0.737. The highest BCUT2D eigenvalue weighted by Crippen LogP contribution is 2.18. The van der Waals surface area contributed by atoms with Gasteiger partial charge in [0.15, 0.2) is 0 Å². The Morgan fingerprint density at radius 1 is 1.38 bits per heavy atom. The predicted octanol–water partition coefficient (Wildman–Crippen LogP) is 3.54. The fraction of sp³-hybridized carbons (Fsp3) is 0.455. The van der Waals surface area contributed by atoms with Crippen LogP contribution in [0.2, 0.25) is 0 Å². The predicted molar refractivity (Wildman–Crippen MR) is 62.5 cm³/mol. The third-order valence-electron chi connectivity index (χ3n) is 1.97. The highest BCUT2D eigenvalue weighted by molar-refractivity contribution is 7.98. The lowest BCUT2D eigenvalue weighted by Gasteiger charge is -2.09. The summed E-state index contributed by atoms with van der Waals surface area (Å²) in [5, 5.41) is 3.35. The van der Waals surface area contributed by atoms with Crippen LogP contribution >= 0.6 is 11.8 Å². The van der Waals surface area contributed by atoms with Crippen LogP contribution in [0.5, 0.6) is 0 Å². The highest BCUT2D eigenvalue weighted by atomic mass is 32.2. The molecule has 0 aliphatic rings. The molecule has 0 unspecified atom stereocenters. The SMILES string of the molecule is CSCNc1cccc(C(C)C)c1. The van der Waals surface area contributed by atoms with Gasteiger partial charge < -0.3 is 5.32 Å². The van der Waals surface area contributed by atoms with Crippen LogP contribution in [0.1, 0.15) is 25.3 Å². The molecule has 0 heterocycles. The van der Waals surface area contributed by atoms with Gasteiger partial charge in [-0.2, -0.15) is 0 Å². The summed E-state index contributed by atoms with van der Waals surface area (Å²) in [7, 11) is 0. The van der Waals surface area contributed by atoms with Gasteiger partial charge in [-0.05, 0) is 29.9 Å². The molecular weight excluding hydrogens is 178 g/mol. The molecule has 0 fully saturated rings. The summed E-state index contributed by atoms with van der Waals surface area (Å²) < 4.78 is 0. The molecule has 1 rings (SSSR count). The highest BCUT2D eigenvalue weighted by Gasteiger charge is 1.98. The maximum absolute atomic E-state index is 3.35. The lowest BCUT2D eigenvalue weighted by atomic mass is 10.0. The maximum atomic E-state index is 3.35. The van der Waals surface area contributed by atoms with E-state index < -0.39 is 0 Å². The van der Waals surface area contributed by atoms with E-state index in [4.69, 9.17) is 0 Å². The van der Waals surface area contributed by atoms with Gasteiger partial charge in [0, 0.05) is 5.69 Å². The molecule has 2 heteroatoms. The van der Waals surface area contributed by atoms with Gasteiger partial charge in [0.2, 0.25) is 0 Å². The van der Waals surface area contributed by atoms with Crippen molar-refractivity contribution in [1.82, 2.24) is 0 Å². The summed E-state index contributed by atoms with van der Waals surface area (Å²) in [6, 6.07) is 8.62. The Morgan fingerprint density at radius 2 is 2.15 bits per heavy atom. The Labute approximate surface area is 84.9 Å². The monoisotopic (exact) mass is 195 g/mol. The molecule has 1 nitrogen and oxygen atoms in total. The third kappa shape index (κ3) is 3.31. The molecule has 0 aliphatic heterocycles. The Bertz CT molecular complexity index is 258. The number of benzene rings is 1. The molecule has 0 aromatic heterocycles. The van der Waals surface area contributed by atoms with Crippen LogP contribution in [0.15, 0.2) is 24.3 Å². The normalized spacial score (nSPS) is 10.5. The first kappa shape index (κ1) is 10.5. The van der Waals surface area contributed by atoms with Gasteiger partial charge in [-0.1, -0.05) is 26.0 Å². The number of rotatable bonds is 4. The Hall–Kier alpha value is -0.630. The van der Waals surface area contributed by atoms with Gasteiger partial charge in [0.05, 0.1) is 5.88 Å². The molecule has 1 aromatic carbocycles. The smallest absolute Gasteiger partial charge is 0.0608 e. The van der Waals surface area contributed by atoms with E-state index in [1.165, 1.54) is 11.3 Å². The molecule has 0 spiro atoms. The third-order valence-corrected chi connectivity index (χ3v) is 2.41. The van der Waals surface area contributed by atoms with E-state index in [9.17, 15) is 0 Å². The summed E-state index contributed by atoms with van der Waals surface area (Å²) >= 11 is 1.80. The standard InChI is InChI=1S/C11H17NS/c1-9(2)10-5-4-6-11(7-10)12-8-13-3/h4-7,9,12H,8H2,1-3H3. The minimum absolute atomic E-state index is 0.607. The second-order valence-corrected chi connectivity index (χ2v) is 4.26. The lowest BCUT2D eigenvalue weighted by Crippen LogP contribution is -1.97. The van der Waals surface area contributed by atoms with Crippen molar-refractivity contribution in [2.75, 3.05) is 17.4 Å². The molecule has 0 atom stereocenters. The molecule has 13 heavy (non-hydrogen) atoms. The number of hydrogen-bond donors (Lipinski definition) is 1. The molecule has 72 valence electrons. The van der Waals surface area contributed by atoms with Gasteiger partial charge in [0.1, 0.15) is 0 Å². The van der Waals surface area contributed by atoms with Crippen molar-refractivity contribution < 1.29 is 0 Å². The molecule has 1 aromatic rings. The first-order valence-electron chi connectivity index (χ1n) is 4.57. The second-order valence-electron chi connectivity index (χ2n) is 3.39. The summed E-state index contributed by atoms with van der Waals surface area (Å²) in [5.41, 5.74) is 2.62. The van der Waals surface area contributed by atoms with Gasteiger partial charge in [0.25, 0.3) is 0 Å². The number of anilines is 1. The van der Waals surface area contributed by atoms with E-state index in [1.54, 1.807) is 11.8 Å². The summed E-state index contributed by atoms with van der Waals surface area (Å²) in [5.74, 6) is 1.58. The van der Waals surface area contributed by atoms with E-state index in [0.29, 0.717) is 5.92 Å². The van der Waals surface area contributed by atoms with E-state index in [2.05, 4.69) is 49.7 Å². The Morgan fingerprint density at radius 3 is 2.77 bits per heavy atom. The van der Waals surface area contributed by atoms with Crippen molar-refractivity contribution in [1.29, 1.82) is 0 Å². The largest absolute Gasteiger partial charge is 0.376 e. The molecule has 0 amide bonds. The minimum atomic E-state index is 0.607. The molecule has 0 bridgehead atoms. The zero-order valence-electron chi connectivity index (χ0n) is 8.50. The molecule has 0 aliphatic carbocycles. The molecule has 0 saturated carbocycles. The van der Waals surface area contributed by atoms with E-state index >= 15 is 0 Å². The molecule has 1 N–H and O–H groups in total. The first-order chi connectivity index (χ1) is 6.24. The Balaban J connectivity index is 2.68. The first-order valence-corrected chi connectivity index (χ1v) is 5.96. The summed E-state index contributed by atoms with van der Waals surface area (Å²) in [6.45, 7) is 4.43. The average Bonchev–Trinajstić information content (AvgIpc) is 2.15. The van der Waals surface area contributed by atoms with Gasteiger partial charge in [-0.25, -0.2) is 0 Å². The molecular formula is C11H17NS. The maximum Gasteiger partial charge on any atom is 0.0608 e. The number of hydrogen-bond acceptors (Lipinski definition) is 2. The summed E-state index contributed by atoms with van der Waals surface area (Å²) in [6.07, 6.45) is 2.10. The van der Waals surface area contributed by atoms with Crippen molar-refractivity contribution in [2.24, 2.45) is 0 Å². The van der Waals surface area contributed by atoms with Gasteiger partial charge in [-0.15, -0.1) is 11.8 Å². The fourth-order valence-corrected chi connectivity index (χ4v) is 1.47. The zero-order valence-corrected chi connectivity index (χ0v) is 9.32. The van der Waals surface area contributed by atoms with Crippen molar-refractivity contribution in [3.05, 3.63) is 29.8 Å². The fourth-order valence-electron chi connectivity index (χ4n) is 1.16. The number of nitrogens with one attached hydrogen (secondary N) is 1. The molecule has 0 saturated heterocycles. The topological polar surface area (TPSA) is 12.0 Å². The summed E-state index contributed by atoms with van der Waals surface area (Å²) in [4.78, 5) is 0. The Kier molecular flexibility index (Phi) is 4.16. The number of thioether (sulfide) groups is 1. The zero-order chi connectivity index (χ0) is 9.68. The van der Waals surface area contributed by atoms with Crippen LogP contribution in [0, 0.1) is 0 Å². The van der Waals surface area contributed by atoms with E-state index in [-0.39, 0.29) is 0 Å². The van der Waals surface area contributed by atoms with Crippen LogP contribution in [0.4, 0.5) is 5.69 Å². The van der Waals surface area contributed by atoms with Crippen LogP contribution < -0.4 is 5.32 Å². The van der Waals surface area contributed by atoms with Crippen LogP contribution in [0.25, 0.3) is 0 Å². The molecule has 0 radical (unpaired) electrons.